The topological polar surface area (TPSA) is 56.1 Å². The number of Topliss-reactive ketones (excluding diaryl/α,β-unsaturated/α-hetero) is 1. The van der Waals surface area contributed by atoms with Crippen molar-refractivity contribution in [2.45, 2.75) is 52.2 Å². The fourth-order valence-electron chi connectivity index (χ4n) is 3.59. The zero-order valence-electron chi connectivity index (χ0n) is 16.2. The standard InChI is InChI=1S/C23H27N3O/c1-17-5-3-4-12-26(17)16-20-8-6-19(7-9-20)15-25-23-13-21(18(2)27)10-11-22(23)14-24/h6-11,13,17,25H,3-5,12,15-16H2,1-2H3. The molecule has 0 aromatic heterocycles. The van der Waals surface area contributed by atoms with Crippen LogP contribution in [0.1, 0.15) is 60.2 Å². The first-order valence-electron chi connectivity index (χ1n) is 9.67. The molecule has 1 saturated heterocycles. The number of ketones is 1. The lowest BCUT2D eigenvalue weighted by atomic mass is 10.0. The lowest BCUT2D eigenvalue weighted by Gasteiger charge is -2.33. The van der Waals surface area contributed by atoms with Gasteiger partial charge in [0.2, 0.25) is 0 Å². The number of piperidine rings is 1. The molecule has 1 unspecified atom stereocenters. The molecule has 0 amide bonds. The number of nitrogens with one attached hydrogen (secondary N) is 1. The van der Waals surface area contributed by atoms with Crippen LogP contribution in [0.25, 0.3) is 0 Å². The average Bonchev–Trinajstić information content (AvgIpc) is 2.69. The summed E-state index contributed by atoms with van der Waals surface area (Å²) in [4.78, 5) is 14.1. The second-order valence-electron chi connectivity index (χ2n) is 7.41. The third-order valence-electron chi connectivity index (χ3n) is 5.38. The van der Waals surface area contributed by atoms with E-state index >= 15 is 0 Å². The van der Waals surface area contributed by atoms with Gasteiger partial charge < -0.3 is 5.32 Å². The van der Waals surface area contributed by atoms with Crippen LogP contribution in [0.5, 0.6) is 0 Å². The number of benzene rings is 2. The normalized spacial score (nSPS) is 17.3. The van der Waals surface area contributed by atoms with Gasteiger partial charge in [-0.2, -0.15) is 5.26 Å². The highest BCUT2D eigenvalue weighted by Gasteiger charge is 2.17. The second-order valence-corrected chi connectivity index (χ2v) is 7.41. The van der Waals surface area contributed by atoms with Crippen LogP contribution in [0.3, 0.4) is 0 Å². The summed E-state index contributed by atoms with van der Waals surface area (Å²) in [6, 6.07) is 16.6. The first-order valence-corrected chi connectivity index (χ1v) is 9.67. The molecule has 1 aliphatic rings. The van der Waals surface area contributed by atoms with E-state index in [4.69, 9.17) is 0 Å². The van der Waals surface area contributed by atoms with Crippen LogP contribution in [0, 0.1) is 11.3 Å². The van der Waals surface area contributed by atoms with Crippen LogP contribution in [0.4, 0.5) is 5.69 Å². The second kappa shape index (κ2) is 8.83. The number of carbonyl (C=O) groups is 1. The quantitative estimate of drug-likeness (QED) is 0.755. The van der Waals surface area contributed by atoms with Crippen molar-refractivity contribution in [3.8, 4) is 6.07 Å². The zero-order chi connectivity index (χ0) is 19.2. The molecule has 27 heavy (non-hydrogen) atoms. The van der Waals surface area contributed by atoms with E-state index in [1.54, 1.807) is 18.2 Å². The summed E-state index contributed by atoms with van der Waals surface area (Å²) >= 11 is 0. The molecule has 3 rings (SSSR count). The molecular formula is C23H27N3O. The van der Waals surface area contributed by atoms with E-state index in [1.165, 1.54) is 38.3 Å². The van der Waals surface area contributed by atoms with Gasteiger partial charge in [0.15, 0.2) is 5.78 Å². The van der Waals surface area contributed by atoms with E-state index < -0.39 is 0 Å². The van der Waals surface area contributed by atoms with Gasteiger partial charge in [0.25, 0.3) is 0 Å². The van der Waals surface area contributed by atoms with Crippen LogP contribution in [0.2, 0.25) is 0 Å². The Kier molecular flexibility index (Phi) is 6.26. The monoisotopic (exact) mass is 361 g/mol. The van der Waals surface area contributed by atoms with Crippen LogP contribution < -0.4 is 5.32 Å². The largest absolute Gasteiger partial charge is 0.380 e. The summed E-state index contributed by atoms with van der Waals surface area (Å²) in [5.41, 5.74) is 4.36. The number of anilines is 1. The molecule has 1 heterocycles. The summed E-state index contributed by atoms with van der Waals surface area (Å²) in [7, 11) is 0. The van der Waals surface area contributed by atoms with Crippen molar-refractivity contribution in [3.63, 3.8) is 0 Å². The number of rotatable bonds is 6. The Bertz CT molecular complexity index is 836. The fraction of sp³-hybridized carbons (Fsp3) is 0.391. The molecule has 0 spiro atoms. The van der Waals surface area contributed by atoms with Crippen LogP contribution in [-0.2, 0) is 13.1 Å². The van der Waals surface area contributed by atoms with Gasteiger partial charge in [0.05, 0.1) is 11.3 Å². The molecule has 1 atom stereocenters. The SMILES string of the molecule is CC(=O)c1ccc(C#N)c(NCc2ccc(CN3CCCCC3C)cc2)c1. The smallest absolute Gasteiger partial charge is 0.159 e. The van der Waals surface area contributed by atoms with Crippen LogP contribution >= 0.6 is 0 Å². The van der Waals surface area contributed by atoms with Crippen molar-refractivity contribution in [2.75, 3.05) is 11.9 Å². The Hall–Kier alpha value is -2.64. The van der Waals surface area contributed by atoms with Gasteiger partial charge in [-0.1, -0.05) is 30.7 Å². The fourth-order valence-corrected chi connectivity index (χ4v) is 3.59. The minimum absolute atomic E-state index is 0.00108. The number of nitriles is 1. The molecule has 1 N–H and O–H groups in total. The van der Waals surface area contributed by atoms with Crippen molar-refractivity contribution in [2.24, 2.45) is 0 Å². The number of likely N-dealkylation sites (tertiary alicyclic amines) is 1. The number of hydrogen-bond acceptors (Lipinski definition) is 4. The maximum atomic E-state index is 11.6. The predicted octanol–water partition coefficient (Wildman–Crippen LogP) is 4.75. The van der Waals surface area contributed by atoms with Crippen molar-refractivity contribution in [1.82, 2.24) is 4.90 Å². The van der Waals surface area contributed by atoms with E-state index in [2.05, 4.69) is 47.5 Å². The number of hydrogen-bond donors (Lipinski definition) is 1. The summed E-state index contributed by atoms with van der Waals surface area (Å²) in [5, 5.41) is 12.6. The Morgan fingerprint density at radius 2 is 1.93 bits per heavy atom. The van der Waals surface area contributed by atoms with Crippen molar-refractivity contribution in [1.29, 1.82) is 5.26 Å². The number of carbonyl (C=O) groups excluding carboxylic acids is 1. The van der Waals surface area contributed by atoms with Crippen LogP contribution in [0.15, 0.2) is 42.5 Å². The highest BCUT2D eigenvalue weighted by Crippen LogP contribution is 2.21. The summed E-state index contributed by atoms with van der Waals surface area (Å²) in [6.45, 7) is 6.67. The molecule has 0 aliphatic carbocycles. The molecule has 0 bridgehead atoms. The van der Waals surface area contributed by atoms with Gasteiger partial charge in [-0.25, -0.2) is 0 Å². The highest BCUT2D eigenvalue weighted by atomic mass is 16.1. The highest BCUT2D eigenvalue weighted by molar-refractivity contribution is 5.95. The van der Waals surface area contributed by atoms with Crippen molar-refractivity contribution >= 4 is 11.5 Å². The molecule has 140 valence electrons. The molecule has 1 fully saturated rings. The average molecular weight is 361 g/mol. The lowest BCUT2D eigenvalue weighted by molar-refractivity contribution is 0.101. The molecular weight excluding hydrogens is 334 g/mol. The van der Waals surface area contributed by atoms with Gasteiger partial charge in [0, 0.05) is 24.7 Å². The van der Waals surface area contributed by atoms with Gasteiger partial charge in [0.1, 0.15) is 6.07 Å². The van der Waals surface area contributed by atoms with Gasteiger partial charge in [-0.05, 0) is 62.6 Å². The van der Waals surface area contributed by atoms with Gasteiger partial charge in [-0.3, -0.25) is 9.69 Å². The number of nitrogens with zero attached hydrogens (tertiary/aromatic N) is 2. The summed E-state index contributed by atoms with van der Waals surface area (Å²) in [6.07, 6.45) is 3.94. The zero-order valence-corrected chi connectivity index (χ0v) is 16.2. The Morgan fingerprint density at radius 3 is 2.59 bits per heavy atom. The Balaban J connectivity index is 1.63. The summed E-state index contributed by atoms with van der Waals surface area (Å²) in [5.74, 6) is -0.00108. The van der Waals surface area contributed by atoms with E-state index in [0.29, 0.717) is 29.4 Å². The van der Waals surface area contributed by atoms with E-state index in [9.17, 15) is 10.1 Å². The molecule has 4 nitrogen and oxygen atoms in total. The minimum atomic E-state index is -0.00108. The third-order valence-corrected chi connectivity index (χ3v) is 5.38. The minimum Gasteiger partial charge on any atom is -0.380 e. The molecule has 0 saturated carbocycles. The van der Waals surface area contributed by atoms with Gasteiger partial charge in [-0.15, -0.1) is 0 Å². The predicted molar refractivity (Wildman–Crippen MR) is 109 cm³/mol. The molecule has 0 radical (unpaired) electrons. The van der Waals surface area contributed by atoms with Crippen molar-refractivity contribution < 1.29 is 4.79 Å². The van der Waals surface area contributed by atoms with Crippen molar-refractivity contribution in [3.05, 3.63) is 64.7 Å². The Morgan fingerprint density at radius 1 is 1.19 bits per heavy atom. The first-order chi connectivity index (χ1) is 13.1. The molecule has 4 heteroatoms. The maximum Gasteiger partial charge on any atom is 0.159 e. The molecule has 1 aliphatic heterocycles. The van der Waals surface area contributed by atoms with Gasteiger partial charge >= 0.3 is 0 Å². The van der Waals surface area contributed by atoms with E-state index in [0.717, 1.165) is 12.1 Å². The maximum absolute atomic E-state index is 11.6. The summed E-state index contributed by atoms with van der Waals surface area (Å²) < 4.78 is 0. The van der Waals surface area contributed by atoms with E-state index in [-0.39, 0.29) is 5.78 Å². The first kappa shape index (κ1) is 19.1. The lowest BCUT2D eigenvalue weighted by Crippen LogP contribution is -2.36. The van der Waals surface area contributed by atoms with E-state index in [1.807, 2.05) is 0 Å². The Labute approximate surface area is 161 Å². The third kappa shape index (κ3) is 4.96. The molecule has 2 aromatic rings. The van der Waals surface area contributed by atoms with Crippen LogP contribution in [-0.4, -0.2) is 23.3 Å². The molecule has 2 aromatic carbocycles.